The van der Waals surface area contributed by atoms with E-state index in [0.717, 1.165) is 17.0 Å². The van der Waals surface area contributed by atoms with Gasteiger partial charge in [-0.05, 0) is 38.1 Å². The average molecular weight is 299 g/mol. The van der Waals surface area contributed by atoms with Gasteiger partial charge in [-0.1, -0.05) is 6.07 Å². The van der Waals surface area contributed by atoms with Gasteiger partial charge < -0.3 is 4.74 Å². The molecular weight excluding hydrogens is 285 g/mol. The molecule has 0 amide bonds. The lowest BCUT2D eigenvalue weighted by atomic mass is 10.1. The maximum absolute atomic E-state index is 13.2. The summed E-state index contributed by atoms with van der Waals surface area (Å²) in [7, 11) is 1.83. The summed E-state index contributed by atoms with van der Waals surface area (Å²) in [6.07, 6.45) is 1.65. The van der Waals surface area contributed by atoms with Crippen LogP contribution in [-0.2, 0) is 16.6 Å². The van der Waals surface area contributed by atoms with Crippen molar-refractivity contribution < 1.29 is 13.9 Å². The Morgan fingerprint density at radius 3 is 2.73 bits per heavy atom. The first-order chi connectivity index (χ1) is 10.5. The van der Waals surface area contributed by atoms with Crippen LogP contribution in [0.5, 0.6) is 0 Å². The van der Waals surface area contributed by atoms with Gasteiger partial charge in [0.15, 0.2) is 5.70 Å². The number of esters is 1. The first-order valence-electron chi connectivity index (χ1n) is 6.74. The van der Waals surface area contributed by atoms with Crippen LogP contribution in [-0.4, -0.2) is 21.6 Å². The van der Waals surface area contributed by atoms with Crippen LogP contribution in [0.2, 0.25) is 0 Å². The summed E-state index contributed by atoms with van der Waals surface area (Å²) in [5, 5.41) is 4.29. The zero-order valence-electron chi connectivity index (χ0n) is 12.4. The number of aromatic nitrogens is 2. The van der Waals surface area contributed by atoms with E-state index in [9.17, 15) is 9.18 Å². The van der Waals surface area contributed by atoms with Crippen LogP contribution in [0, 0.1) is 19.7 Å². The van der Waals surface area contributed by atoms with Gasteiger partial charge in [-0.2, -0.15) is 5.10 Å². The number of carbonyl (C=O) groups excluding carboxylic acids is 1. The van der Waals surface area contributed by atoms with Crippen LogP contribution in [0.4, 0.5) is 4.39 Å². The Morgan fingerprint density at radius 1 is 1.32 bits per heavy atom. The van der Waals surface area contributed by atoms with Gasteiger partial charge in [0.2, 0.25) is 5.90 Å². The molecule has 0 saturated heterocycles. The molecule has 112 valence electrons. The number of benzene rings is 1. The largest absolute Gasteiger partial charge is 0.402 e. The molecule has 1 aliphatic rings. The molecule has 0 fully saturated rings. The lowest BCUT2D eigenvalue weighted by Gasteiger charge is -1.98. The van der Waals surface area contributed by atoms with Crippen molar-refractivity contribution in [3.05, 3.63) is 58.3 Å². The lowest BCUT2D eigenvalue weighted by molar-refractivity contribution is -0.129. The van der Waals surface area contributed by atoms with Gasteiger partial charge in [0.25, 0.3) is 0 Å². The maximum atomic E-state index is 13.2. The van der Waals surface area contributed by atoms with Gasteiger partial charge in [0, 0.05) is 23.9 Å². The average Bonchev–Trinajstić information content (AvgIpc) is 2.95. The Bertz CT molecular complexity index is 834. The van der Waals surface area contributed by atoms with E-state index < -0.39 is 11.8 Å². The summed E-state index contributed by atoms with van der Waals surface area (Å²) < 4.78 is 20.1. The molecule has 0 bridgehead atoms. The van der Waals surface area contributed by atoms with Gasteiger partial charge in [-0.25, -0.2) is 14.2 Å². The molecule has 0 aliphatic carbocycles. The molecule has 1 aliphatic heterocycles. The van der Waals surface area contributed by atoms with Crippen molar-refractivity contribution in [3.8, 4) is 0 Å². The van der Waals surface area contributed by atoms with Crippen molar-refractivity contribution in [1.82, 2.24) is 9.78 Å². The highest BCUT2D eigenvalue weighted by atomic mass is 19.1. The smallest absolute Gasteiger partial charge is 0.363 e. The summed E-state index contributed by atoms with van der Waals surface area (Å²) in [5.74, 6) is -0.857. The molecule has 3 rings (SSSR count). The summed E-state index contributed by atoms with van der Waals surface area (Å²) in [6, 6.07) is 5.77. The topological polar surface area (TPSA) is 56.5 Å². The minimum Gasteiger partial charge on any atom is -0.402 e. The summed E-state index contributed by atoms with van der Waals surface area (Å²) in [4.78, 5) is 16.1. The number of aliphatic imine (C=N–C) groups is 1. The molecule has 6 heteroatoms. The third-order valence-corrected chi connectivity index (χ3v) is 3.54. The summed E-state index contributed by atoms with van der Waals surface area (Å²) in [6.45, 7) is 3.76. The van der Waals surface area contributed by atoms with Gasteiger partial charge >= 0.3 is 5.97 Å². The number of carbonyl (C=O) groups is 1. The predicted octanol–water partition coefficient (Wildman–Crippen LogP) is 2.52. The van der Waals surface area contributed by atoms with E-state index in [0.29, 0.717) is 5.56 Å². The van der Waals surface area contributed by atoms with E-state index in [1.165, 1.54) is 18.2 Å². The predicted molar refractivity (Wildman–Crippen MR) is 79.7 cm³/mol. The zero-order chi connectivity index (χ0) is 15.9. The molecule has 5 nitrogen and oxygen atoms in total. The van der Waals surface area contributed by atoms with Crippen LogP contribution in [0.15, 0.2) is 35.0 Å². The number of nitrogens with zero attached hydrogens (tertiary/aromatic N) is 3. The Kier molecular flexibility index (Phi) is 3.36. The van der Waals surface area contributed by atoms with Gasteiger partial charge in [-0.15, -0.1) is 0 Å². The van der Waals surface area contributed by atoms with Crippen LogP contribution in [0.1, 0.15) is 22.5 Å². The molecule has 0 unspecified atom stereocenters. The summed E-state index contributed by atoms with van der Waals surface area (Å²) >= 11 is 0. The second kappa shape index (κ2) is 5.22. The minimum absolute atomic E-state index is 0.106. The SMILES string of the molecule is Cc1nn(C)c(C)c1C=C1N=C(c2cccc(F)c2)OC1=O. The fourth-order valence-corrected chi connectivity index (χ4v) is 2.29. The molecule has 0 spiro atoms. The van der Waals surface area contributed by atoms with Crippen LogP contribution in [0.3, 0.4) is 0 Å². The molecule has 0 N–H and O–H groups in total. The second-order valence-electron chi connectivity index (χ2n) is 5.05. The molecule has 0 saturated carbocycles. The van der Waals surface area contributed by atoms with E-state index in [2.05, 4.69) is 10.1 Å². The number of hydrogen-bond donors (Lipinski definition) is 0. The van der Waals surface area contributed by atoms with Crippen LogP contribution in [0.25, 0.3) is 6.08 Å². The maximum Gasteiger partial charge on any atom is 0.363 e. The normalized spacial score (nSPS) is 16.1. The quantitative estimate of drug-likeness (QED) is 0.632. The van der Waals surface area contributed by atoms with E-state index in [1.807, 2.05) is 20.9 Å². The first-order valence-corrected chi connectivity index (χ1v) is 6.74. The monoisotopic (exact) mass is 299 g/mol. The van der Waals surface area contributed by atoms with Crippen molar-refractivity contribution in [2.24, 2.45) is 12.0 Å². The van der Waals surface area contributed by atoms with Gasteiger partial charge in [0.05, 0.1) is 5.69 Å². The minimum atomic E-state index is -0.554. The van der Waals surface area contributed by atoms with Crippen molar-refractivity contribution in [3.63, 3.8) is 0 Å². The Morgan fingerprint density at radius 2 is 2.09 bits per heavy atom. The van der Waals surface area contributed by atoms with E-state index in [-0.39, 0.29) is 11.6 Å². The molecule has 0 radical (unpaired) electrons. The molecule has 22 heavy (non-hydrogen) atoms. The lowest BCUT2D eigenvalue weighted by Crippen LogP contribution is -2.05. The molecule has 1 aromatic heterocycles. The van der Waals surface area contributed by atoms with Gasteiger partial charge in [0.1, 0.15) is 5.82 Å². The first kappa shape index (κ1) is 14.2. The van der Waals surface area contributed by atoms with Gasteiger partial charge in [-0.3, -0.25) is 4.68 Å². The van der Waals surface area contributed by atoms with Crippen molar-refractivity contribution in [2.45, 2.75) is 13.8 Å². The highest BCUT2D eigenvalue weighted by Crippen LogP contribution is 2.22. The van der Waals surface area contributed by atoms with Crippen molar-refractivity contribution >= 4 is 17.9 Å². The van der Waals surface area contributed by atoms with Crippen LogP contribution < -0.4 is 0 Å². The second-order valence-corrected chi connectivity index (χ2v) is 5.05. The fraction of sp³-hybridized carbons (Fsp3) is 0.188. The fourth-order valence-electron chi connectivity index (χ4n) is 2.29. The Hall–Kier alpha value is -2.76. The number of aryl methyl sites for hydroxylation is 2. The Labute approximate surface area is 126 Å². The zero-order valence-corrected chi connectivity index (χ0v) is 12.4. The standard InChI is InChI=1S/C16H14FN3O2/c1-9-13(10(2)20(3)19-9)8-14-16(21)22-15(18-14)11-5-4-6-12(17)7-11/h4-8H,1-3H3. The molecule has 2 heterocycles. The summed E-state index contributed by atoms with van der Waals surface area (Å²) in [5.41, 5.74) is 3.16. The highest BCUT2D eigenvalue weighted by Gasteiger charge is 2.25. The molecule has 0 atom stereocenters. The van der Waals surface area contributed by atoms with Crippen molar-refractivity contribution in [1.29, 1.82) is 0 Å². The van der Waals surface area contributed by atoms with Crippen LogP contribution >= 0.6 is 0 Å². The van der Waals surface area contributed by atoms with E-state index >= 15 is 0 Å². The molecule has 1 aromatic carbocycles. The van der Waals surface area contributed by atoms with E-state index in [1.54, 1.807) is 16.8 Å². The van der Waals surface area contributed by atoms with Crippen molar-refractivity contribution in [2.75, 3.05) is 0 Å². The molecule has 2 aromatic rings. The van der Waals surface area contributed by atoms with E-state index in [4.69, 9.17) is 4.74 Å². The highest BCUT2D eigenvalue weighted by molar-refractivity contribution is 6.12. The third kappa shape index (κ3) is 2.43. The Balaban J connectivity index is 2.01. The molecular formula is C16H14FN3O2. The third-order valence-electron chi connectivity index (χ3n) is 3.54. The number of rotatable bonds is 2. The number of cyclic esters (lactones) is 1. The number of ether oxygens (including phenoxy) is 1. The number of halogens is 1. The number of hydrogen-bond acceptors (Lipinski definition) is 4.